The molecule has 17 heavy (non-hydrogen) atoms. The molecule has 0 aromatic carbocycles. The number of hydrogen-bond donors (Lipinski definition) is 1. The van der Waals surface area contributed by atoms with E-state index < -0.39 is 0 Å². The molecule has 0 radical (unpaired) electrons. The van der Waals surface area contributed by atoms with Crippen LogP contribution in [0, 0.1) is 10.1 Å². The molecule has 0 aliphatic carbocycles. The summed E-state index contributed by atoms with van der Waals surface area (Å²) in [5.41, 5.74) is 0.314. The summed E-state index contributed by atoms with van der Waals surface area (Å²) in [7, 11) is 0. The largest absolute Gasteiger partial charge is 0.386 e. The van der Waals surface area contributed by atoms with Gasteiger partial charge in [-0.3, -0.25) is 10.1 Å². The number of nitrogens with one attached hydrogen (secondary N) is 1. The second kappa shape index (κ2) is 11.4. The van der Waals surface area contributed by atoms with Crippen LogP contribution in [-0.2, 0) is 0 Å². The Kier molecular flexibility index (Phi) is 10.7. The Morgan fingerprint density at radius 2 is 1.76 bits per heavy atom. The monoisotopic (exact) mass is 242 g/mol. The third-order valence-corrected chi connectivity index (χ3v) is 2.71. The van der Waals surface area contributed by atoms with Crippen LogP contribution in [0.15, 0.2) is 11.9 Å². The van der Waals surface area contributed by atoms with Gasteiger partial charge in [-0.15, -0.1) is 0 Å². The van der Waals surface area contributed by atoms with Gasteiger partial charge in [0.25, 0.3) is 5.70 Å². The Hall–Kier alpha value is -1.06. The maximum absolute atomic E-state index is 10.8. The Balaban J connectivity index is 3.75. The molecule has 0 saturated heterocycles. The summed E-state index contributed by atoms with van der Waals surface area (Å²) >= 11 is 0. The first-order valence-electron chi connectivity index (χ1n) is 6.79. The lowest BCUT2D eigenvalue weighted by Crippen LogP contribution is -2.11. The zero-order valence-electron chi connectivity index (χ0n) is 11.2. The zero-order valence-corrected chi connectivity index (χ0v) is 11.2. The Morgan fingerprint density at radius 1 is 1.12 bits per heavy atom. The molecular formula is C13H26N2O2. The SMILES string of the molecule is CCCCCCN/C=C(\CCCCC)[N+](=O)[O-]. The second-order valence-electron chi connectivity index (χ2n) is 4.36. The topological polar surface area (TPSA) is 55.2 Å². The van der Waals surface area contributed by atoms with Crippen molar-refractivity contribution in [2.24, 2.45) is 0 Å². The Labute approximate surface area is 105 Å². The fourth-order valence-corrected chi connectivity index (χ4v) is 1.62. The Bertz CT molecular complexity index is 227. The van der Waals surface area contributed by atoms with Crippen LogP contribution in [0.2, 0.25) is 0 Å². The summed E-state index contributed by atoms with van der Waals surface area (Å²) in [6, 6.07) is 0. The maximum atomic E-state index is 10.8. The van der Waals surface area contributed by atoms with Crippen LogP contribution in [0.25, 0.3) is 0 Å². The molecule has 4 heteroatoms. The highest BCUT2D eigenvalue weighted by Crippen LogP contribution is 2.08. The van der Waals surface area contributed by atoms with E-state index in [2.05, 4.69) is 19.2 Å². The minimum atomic E-state index is -0.269. The molecule has 0 amide bonds. The average molecular weight is 242 g/mol. The maximum Gasteiger partial charge on any atom is 0.261 e. The van der Waals surface area contributed by atoms with Gasteiger partial charge >= 0.3 is 0 Å². The van der Waals surface area contributed by atoms with Crippen LogP contribution < -0.4 is 5.32 Å². The summed E-state index contributed by atoms with van der Waals surface area (Å²) in [6.45, 7) is 5.11. The van der Waals surface area contributed by atoms with Crippen LogP contribution in [0.4, 0.5) is 0 Å². The predicted molar refractivity (Wildman–Crippen MR) is 71.4 cm³/mol. The van der Waals surface area contributed by atoms with Gasteiger partial charge in [0.05, 0.1) is 11.1 Å². The molecular weight excluding hydrogens is 216 g/mol. The molecule has 0 heterocycles. The van der Waals surface area contributed by atoms with Gasteiger partial charge in [0.1, 0.15) is 0 Å². The molecule has 0 bridgehead atoms. The van der Waals surface area contributed by atoms with Crippen molar-refractivity contribution in [1.29, 1.82) is 0 Å². The van der Waals surface area contributed by atoms with Gasteiger partial charge in [0.2, 0.25) is 0 Å². The molecule has 1 N–H and O–H groups in total. The third kappa shape index (κ3) is 9.85. The molecule has 0 aliphatic rings. The molecule has 0 aromatic heterocycles. The smallest absolute Gasteiger partial charge is 0.261 e. The van der Waals surface area contributed by atoms with Crippen LogP contribution >= 0.6 is 0 Å². The minimum Gasteiger partial charge on any atom is -0.386 e. The van der Waals surface area contributed by atoms with Crippen molar-refractivity contribution < 1.29 is 4.92 Å². The number of nitro groups is 1. The molecule has 0 fully saturated rings. The van der Waals surface area contributed by atoms with Gasteiger partial charge in [0.15, 0.2) is 0 Å². The molecule has 0 atom stereocenters. The summed E-state index contributed by atoms with van der Waals surface area (Å²) in [5.74, 6) is 0. The molecule has 0 saturated carbocycles. The highest BCUT2D eigenvalue weighted by molar-refractivity contribution is 4.89. The lowest BCUT2D eigenvalue weighted by molar-refractivity contribution is -0.428. The van der Waals surface area contributed by atoms with Gasteiger partial charge in [-0.1, -0.05) is 46.0 Å². The number of unbranched alkanes of at least 4 members (excludes halogenated alkanes) is 5. The second-order valence-corrected chi connectivity index (χ2v) is 4.36. The van der Waals surface area contributed by atoms with Gasteiger partial charge in [-0.25, -0.2) is 0 Å². The van der Waals surface area contributed by atoms with E-state index in [1.54, 1.807) is 6.20 Å². The quantitative estimate of drug-likeness (QED) is 0.340. The first-order valence-corrected chi connectivity index (χ1v) is 6.79. The van der Waals surface area contributed by atoms with Crippen molar-refractivity contribution in [1.82, 2.24) is 5.32 Å². The molecule has 100 valence electrons. The van der Waals surface area contributed by atoms with Crippen LogP contribution in [0.3, 0.4) is 0 Å². The fourth-order valence-electron chi connectivity index (χ4n) is 1.62. The lowest BCUT2D eigenvalue weighted by atomic mass is 10.2. The highest BCUT2D eigenvalue weighted by atomic mass is 16.6. The van der Waals surface area contributed by atoms with Gasteiger partial charge in [-0.2, -0.15) is 0 Å². The highest BCUT2D eigenvalue weighted by Gasteiger charge is 2.08. The van der Waals surface area contributed by atoms with E-state index in [-0.39, 0.29) is 4.92 Å². The van der Waals surface area contributed by atoms with Crippen molar-refractivity contribution in [3.8, 4) is 0 Å². The minimum absolute atomic E-state index is 0.269. The van der Waals surface area contributed by atoms with E-state index in [1.165, 1.54) is 19.3 Å². The Morgan fingerprint density at radius 3 is 2.35 bits per heavy atom. The molecule has 0 rings (SSSR count). The summed E-state index contributed by atoms with van der Waals surface area (Å²) in [5, 5.41) is 13.8. The molecule has 4 nitrogen and oxygen atoms in total. The van der Waals surface area contributed by atoms with Crippen LogP contribution in [-0.4, -0.2) is 11.5 Å². The van der Waals surface area contributed by atoms with Crippen LogP contribution in [0.1, 0.15) is 65.2 Å². The summed E-state index contributed by atoms with van der Waals surface area (Å²) in [6.07, 6.45) is 9.95. The number of allylic oxidation sites excluding steroid dienone is 1. The average Bonchev–Trinajstić information content (AvgIpc) is 2.31. The van der Waals surface area contributed by atoms with E-state index in [0.717, 1.165) is 32.2 Å². The number of hydrogen-bond acceptors (Lipinski definition) is 3. The summed E-state index contributed by atoms with van der Waals surface area (Å²) < 4.78 is 0. The van der Waals surface area contributed by atoms with Gasteiger partial charge < -0.3 is 5.32 Å². The number of nitrogens with zero attached hydrogens (tertiary/aromatic N) is 1. The van der Waals surface area contributed by atoms with Gasteiger partial charge in [0, 0.05) is 13.0 Å². The van der Waals surface area contributed by atoms with E-state index in [1.807, 2.05) is 0 Å². The van der Waals surface area contributed by atoms with Crippen LogP contribution in [0.5, 0.6) is 0 Å². The van der Waals surface area contributed by atoms with Crippen molar-refractivity contribution in [3.05, 3.63) is 22.0 Å². The zero-order chi connectivity index (χ0) is 12.9. The molecule has 0 spiro atoms. The number of rotatable bonds is 11. The normalized spacial score (nSPS) is 11.5. The predicted octanol–water partition coefficient (Wildman–Crippen LogP) is 3.85. The van der Waals surface area contributed by atoms with Crippen molar-refractivity contribution in [2.75, 3.05) is 6.54 Å². The van der Waals surface area contributed by atoms with E-state index >= 15 is 0 Å². The first kappa shape index (κ1) is 15.9. The van der Waals surface area contributed by atoms with Crippen molar-refractivity contribution in [2.45, 2.75) is 65.2 Å². The van der Waals surface area contributed by atoms with Gasteiger partial charge in [-0.05, 0) is 12.8 Å². The van der Waals surface area contributed by atoms with E-state index in [0.29, 0.717) is 12.1 Å². The van der Waals surface area contributed by atoms with E-state index in [4.69, 9.17) is 0 Å². The van der Waals surface area contributed by atoms with Crippen molar-refractivity contribution in [3.63, 3.8) is 0 Å². The van der Waals surface area contributed by atoms with Crippen molar-refractivity contribution >= 4 is 0 Å². The molecule has 0 aliphatic heterocycles. The molecule has 0 aromatic rings. The van der Waals surface area contributed by atoms with E-state index in [9.17, 15) is 10.1 Å². The summed E-state index contributed by atoms with van der Waals surface area (Å²) in [4.78, 5) is 10.5. The third-order valence-electron chi connectivity index (χ3n) is 2.71. The standard InChI is InChI=1S/C13H26N2O2/c1-3-5-7-9-11-14-12-13(15(16)17)10-8-6-4-2/h12,14H,3-11H2,1-2H3/b13-12+. The molecule has 0 unspecified atom stereocenters. The fraction of sp³-hybridized carbons (Fsp3) is 0.846. The first-order chi connectivity index (χ1) is 8.22. The lowest BCUT2D eigenvalue weighted by Gasteiger charge is -2.02.